The van der Waals surface area contributed by atoms with E-state index in [1.54, 1.807) is 0 Å². The van der Waals surface area contributed by atoms with E-state index in [0.29, 0.717) is 29.7 Å². The molecule has 1 aromatic heterocycles. The third-order valence-electron chi connectivity index (χ3n) is 4.94. The van der Waals surface area contributed by atoms with Gasteiger partial charge in [-0.3, -0.25) is 9.69 Å². The zero-order valence-electron chi connectivity index (χ0n) is 16.2. The molecule has 2 heterocycles. The molecular weight excluding hydrogens is 346 g/mol. The normalized spacial score (nSPS) is 15.0. The summed E-state index contributed by atoms with van der Waals surface area (Å²) in [5.41, 5.74) is 2.12. The van der Waals surface area contributed by atoms with Crippen molar-refractivity contribution < 1.29 is 19.1 Å². The molecule has 3 rings (SSSR count). The van der Waals surface area contributed by atoms with Crippen molar-refractivity contribution in [3.63, 3.8) is 0 Å². The maximum absolute atomic E-state index is 11.9. The molecule has 146 valence electrons. The Morgan fingerprint density at radius 2 is 2.00 bits per heavy atom. The van der Waals surface area contributed by atoms with E-state index in [1.165, 1.54) is 6.07 Å². The molecule has 0 spiro atoms. The van der Waals surface area contributed by atoms with Gasteiger partial charge in [0.05, 0.1) is 11.7 Å². The Morgan fingerprint density at radius 1 is 1.30 bits per heavy atom. The van der Waals surface area contributed by atoms with Gasteiger partial charge in [-0.05, 0) is 70.3 Å². The fourth-order valence-corrected chi connectivity index (χ4v) is 3.63. The highest BCUT2D eigenvalue weighted by Gasteiger charge is 2.21. The van der Waals surface area contributed by atoms with E-state index >= 15 is 0 Å². The van der Waals surface area contributed by atoms with Gasteiger partial charge >= 0.3 is 11.6 Å². The predicted molar refractivity (Wildman–Crippen MR) is 103 cm³/mol. The van der Waals surface area contributed by atoms with Crippen molar-refractivity contribution in [2.75, 3.05) is 13.1 Å². The number of aromatic hydroxyl groups is 1. The number of ether oxygens (including phenoxy) is 1. The number of phenolic OH excluding ortho intramolecular Hbond substituents is 1. The number of benzene rings is 1. The van der Waals surface area contributed by atoms with Crippen LogP contribution in [0.15, 0.2) is 21.3 Å². The molecule has 2 aromatic rings. The molecule has 0 bridgehead atoms. The maximum atomic E-state index is 11.9. The SMILES string of the molecule is Cc1cc(=O)oc2c(CN3CCCC3)c(O)c(CCC(=O)OC(C)C)cc12. The molecule has 1 aliphatic rings. The highest BCUT2D eigenvalue weighted by molar-refractivity contribution is 5.86. The summed E-state index contributed by atoms with van der Waals surface area (Å²) in [5.74, 6) is -0.178. The van der Waals surface area contributed by atoms with Crippen molar-refractivity contribution in [3.05, 3.63) is 39.2 Å². The van der Waals surface area contributed by atoms with E-state index < -0.39 is 5.63 Å². The standard InChI is InChI=1S/C21H27NO5/c1-13(2)26-18(23)7-6-15-11-16-14(3)10-19(24)27-21(16)17(20(15)25)12-22-8-4-5-9-22/h10-11,13,25H,4-9,12H2,1-3H3. The predicted octanol–water partition coefficient (Wildman–Crippen LogP) is 3.29. The van der Waals surface area contributed by atoms with Crippen LogP contribution in [0.4, 0.5) is 0 Å². The number of hydrogen-bond acceptors (Lipinski definition) is 6. The summed E-state index contributed by atoms with van der Waals surface area (Å²) in [6.07, 6.45) is 2.66. The lowest BCUT2D eigenvalue weighted by Gasteiger charge is -2.19. The molecule has 27 heavy (non-hydrogen) atoms. The summed E-state index contributed by atoms with van der Waals surface area (Å²) < 4.78 is 10.7. The monoisotopic (exact) mass is 373 g/mol. The molecule has 1 aromatic carbocycles. The maximum Gasteiger partial charge on any atom is 0.336 e. The first-order valence-corrected chi connectivity index (χ1v) is 9.55. The third kappa shape index (κ3) is 4.50. The van der Waals surface area contributed by atoms with Gasteiger partial charge < -0.3 is 14.3 Å². The van der Waals surface area contributed by atoms with Crippen LogP contribution < -0.4 is 5.63 Å². The van der Waals surface area contributed by atoms with Crippen LogP contribution in [0, 0.1) is 6.92 Å². The lowest BCUT2D eigenvalue weighted by atomic mass is 9.98. The van der Waals surface area contributed by atoms with E-state index in [4.69, 9.17) is 9.15 Å². The van der Waals surface area contributed by atoms with Crippen molar-refractivity contribution in [2.45, 2.75) is 59.1 Å². The summed E-state index contributed by atoms with van der Waals surface area (Å²) in [6.45, 7) is 7.92. The molecule has 6 nitrogen and oxygen atoms in total. The lowest BCUT2D eigenvalue weighted by Crippen LogP contribution is -2.19. The minimum Gasteiger partial charge on any atom is -0.507 e. The van der Waals surface area contributed by atoms with Crippen LogP contribution in [-0.2, 0) is 22.5 Å². The van der Waals surface area contributed by atoms with Gasteiger partial charge in [0.1, 0.15) is 11.3 Å². The third-order valence-corrected chi connectivity index (χ3v) is 4.94. The van der Waals surface area contributed by atoms with Crippen LogP contribution in [0.3, 0.4) is 0 Å². The van der Waals surface area contributed by atoms with Crippen molar-refractivity contribution in [3.8, 4) is 5.75 Å². The number of esters is 1. The van der Waals surface area contributed by atoms with Gasteiger partial charge in [0, 0.05) is 24.4 Å². The van der Waals surface area contributed by atoms with Gasteiger partial charge in [0.15, 0.2) is 0 Å². The number of carbonyl (C=O) groups is 1. The molecule has 1 aliphatic heterocycles. The number of aryl methyl sites for hydroxylation is 2. The molecular formula is C21H27NO5. The minimum atomic E-state index is -0.421. The number of carbonyl (C=O) groups excluding carboxylic acids is 1. The van der Waals surface area contributed by atoms with Crippen molar-refractivity contribution in [2.24, 2.45) is 0 Å². The molecule has 1 fully saturated rings. The Balaban J connectivity index is 1.99. The van der Waals surface area contributed by atoms with E-state index in [2.05, 4.69) is 4.90 Å². The van der Waals surface area contributed by atoms with E-state index in [-0.39, 0.29) is 24.2 Å². The van der Waals surface area contributed by atoms with Crippen LogP contribution in [-0.4, -0.2) is 35.2 Å². The van der Waals surface area contributed by atoms with Gasteiger partial charge in [-0.25, -0.2) is 4.79 Å². The molecule has 1 N–H and O–H groups in total. The largest absolute Gasteiger partial charge is 0.507 e. The van der Waals surface area contributed by atoms with E-state index in [9.17, 15) is 14.7 Å². The second kappa shape index (κ2) is 8.13. The molecule has 6 heteroatoms. The molecule has 0 unspecified atom stereocenters. The van der Waals surface area contributed by atoms with Crippen LogP contribution in [0.5, 0.6) is 5.75 Å². The smallest absolute Gasteiger partial charge is 0.336 e. The van der Waals surface area contributed by atoms with Crippen LogP contribution in [0.1, 0.15) is 49.8 Å². The Hall–Kier alpha value is -2.34. The Labute approximate surface area is 158 Å². The summed E-state index contributed by atoms with van der Waals surface area (Å²) in [4.78, 5) is 26.0. The first kappa shape index (κ1) is 19.4. The average Bonchev–Trinajstić information content (AvgIpc) is 3.09. The molecule has 0 amide bonds. The second-order valence-electron chi connectivity index (χ2n) is 7.51. The zero-order chi connectivity index (χ0) is 19.6. The first-order valence-electron chi connectivity index (χ1n) is 9.55. The molecule has 0 saturated carbocycles. The number of phenols is 1. The van der Waals surface area contributed by atoms with Gasteiger partial charge in [0.25, 0.3) is 0 Å². The highest BCUT2D eigenvalue weighted by Crippen LogP contribution is 2.34. The van der Waals surface area contributed by atoms with Gasteiger partial charge in [-0.1, -0.05) is 0 Å². The average molecular weight is 373 g/mol. The number of rotatable bonds is 6. The molecule has 0 radical (unpaired) electrons. The van der Waals surface area contributed by atoms with Crippen molar-refractivity contribution in [1.82, 2.24) is 4.90 Å². The highest BCUT2D eigenvalue weighted by atomic mass is 16.5. The van der Waals surface area contributed by atoms with Crippen LogP contribution >= 0.6 is 0 Å². The number of fused-ring (bicyclic) bond motifs is 1. The Bertz CT molecular complexity index is 894. The van der Waals surface area contributed by atoms with Crippen LogP contribution in [0.25, 0.3) is 11.0 Å². The number of likely N-dealkylation sites (tertiary alicyclic amines) is 1. The topological polar surface area (TPSA) is 80.0 Å². The van der Waals surface area contributed by atoms with Crippen molar-refractivity contribution >= 4 is 16.9 Å². The zero-order valence-corrected chi connectivity index (χ0v) is 16.2. The summed E-state index contributed by atoms with van der Waals surface area (Å²) in [7, 11) is 0. The minimum absolute atomic E-state index is 0.112. The van der Waals surface area contributed by atoms with Crippen LogP contribution in [0.2, 0.25) is 0 Å². The summed E-state index contributed by atoms with van der Waals surface area (Å²) >= 11 is 0. The first-order chi connectivity index (χ1) is 12.8. The summed E-state index contributed by atoms with van der Waals surface area (Å²) in [5, 5.41) is 11.7. The molecule has 1 saturated heterocycles. The second-order valence-corrected chi connectivity index (χ2v) is 7.51. The fraction of sp³-hybridized carbons (Fsp3) is 0.524. The Morgan fingerprint density at radius 3 is 2.67 bits per heavy atom. The number of hydrogen-bond donors (Lipinski definition) is 1. The Kier molecular flexibility index (Phi) is 5.85. The summed E-state index contributed by atoms with van der Waals surface area (Å²) in [6, 6.07) is 3.27. The fourth-order valence-electron chi connectivity index (χ4n) is 3.63. The van der Waals surface area contributed by atoms with E-state index in [1.807, 2.05) is 26.8 Å². The van der Waals surface area contributed by atoms with Crippen molar-refractivity contribution in [1.29, 1.82) is 0 Å². The molecule has 0 aliphatic carbocycles. The number of nitrogens with zero attached hydrogens (tertiary/aromatic N) is 1. The molecule has 0 atom stereocenters. The van der Waals surface area contributed by atoms with E-state index in [0.717, 1.165) is 36.9 Å². The lowest BCUT2D eigenvalue weighted by molar-refractivity contribution is -0.147. The van der Waals surface area contributed by atoms with Gasteiger partial charge in [-0.15, -0.1) is 0 Å². The van der Waals surface area contributed by atoms with Gasteiger partial charge in [-0.2, -0.15) is 0 Å². The van der Waals surface area contributed by atoms with Gasteiger partial charge in [0.2, 0.25) is 0 Å². The quantitative estimate of drug-likeness (QED) is 0.618.